The van der Waals surface area contributed by atoms with Crippen molar-refractivity contribution in [3.05, 3.63) is 0 Å². The molecule has 0 aromatic rings. The van der Waals surface area contributed by atoms with Crippen molar-refractivity contribution in [2.24, 2.45) is 11.5 Å². The first-order valence-corrected chi connectivity index (χ1v) is 4.52. The quantitative estimate of drug-likeness (QED) is 0.595. The van der Waals surface area contributed by atoms with Crippen LogP contribution in [0.3, 0.4) is 0 Å². The van der Waals surface area contributed by atoms with E-state index in [1.54, 1.807) is 0 Å². The van der Waals surface area contributed by atoms with Gasteiger partial charge in [-0.2, -0.15) is 0 Å². The van der Waals surface area contributed by atoms with E-state index in [9.17, 15) is 0 Å². The Hall–Kier alpha value is -0.120. The summed E-state index contributed by atoms with van der Waals surface area (Å²) in [5.74, 6) is 0. The van der Waals surface area contributed by atoms with Crippen molar-refractivity contribution >= 4 is 0 Å². The first-order valence-electron chi connectivity index (χ1n) is 4.52. The van der Waals surface area contributed by atoms with E-state index in [0.717, 1.165) is 12.8 Å². The molecule has 0 aliphatic carbocycles. The summed E-state index contributed by atoms with van der Waals surface area (Å²) in [4.78, 5) is 0. The summed E-state index contributed by atoms with van der Waals surface area (Å²) >= 11 is 0. The van der Waals surface area contributed by atoms with E-state index in [4.69, 9.17) is 11.5 Å². The van der Waals surface area contributed by atoms with Crippen molar-refractivity contribution in [3.63, 3.8) is 0 Å². The Bertz CT molecular complexity index is 99.9. The molecule has 3 nitrogen and oxygen atoms in total. The van der Waals surface area contributed by atoms with Gasteiger partial charge in [-0.15, -0.1) is 0 Å². The number of hydrogen-bond donors (Lipinski definition) is 3. The largest absolute Gasteiger partial charge is 0.344 e. The molecule has 0 radical (unpaired) electrons. The third-order valence-electron chi connectivity index (χ3n) is 1.89. The Morgan fingerprint density at radius 3 is 2.25 bits per heavy atom. The second-order valence-electron chi connectivity index (χ2n) is 3.94. The highest BCUT2D eigenvalue weighted by Crippen LogP contribution is 2.15. The van der Waals surface area contributed by atoms with Crippen LogP contribution in [0.25, 0.3) is 0 Å². The fraction of sp³-hybridized carbons (Fsp3) is 1.00. The van der Waals surface area contributed by atoms with E-state index < -0.39 is 0 Å². The van der Waals surface area contributed by atoms with Gasteiger partial charge in [0.2, 0.25) is 0 Å². The van der Waals surface area contributed by atoms with Crippen molar-refractivity contribution in [1.82, 2.24) is 6.15 Å². The van der Waals surface area contributed by atoms with Crippen LogP contribution < -0.4 is 17.6 Å². The fourth-order valence-corrected chi connectivity index (χ4v) is 1.42. The van der Waals surface area contributed by atoms with Crippen LogP contribution in [0.5, 0.6) is 0 Å². The molecule has 0 aromatic carbocycles. The number of hydrogen-bond acceptors (Lipinski definition) is 3. The zero-order valence-electron chi connectivity index (χ0n) is 8.77. The molecular weight excluding hydrogens is 150 g/mol. The fourth-order valence-electron chi connectivity index (χ4n) is 1.42. The average molecular weight is 175 g/mol. The molecule has 0 bridgehead atoms. The first kappa shape index (κ1) is 14.4. The van der Waals surface area contributed by atoms with Crippen molar-refractivity contribution in [2.75, 3.05) is 0 Å². The topological polar surface area (TPSA) is 87.0 Å². The van der Waals surface area contributed by atoms with Gasteiger partial charge in [-0.1, -0.05) is 19.8 Å². The molecule has 0 aliphatic heterocycles. The normalized spacial score (nSPS) is 17.8. The lowest BCUT2D eigenvalue weighted by Gasteiger charge is -2.26. The summed E-state index contributed by atoms with van der Waals surface area (Å²) < 4.78 is 0. The van der Waals surface area contributed by atoms with Crippen LogP contribution in [-0.2, 0) is 0 Å². The van der Waals surface area contributed by atoms with E-state index in [1.165, 1.54) is 12.8 Å². The minimum absolute atomic E-state index is 0. The van der Waals surface area contributed by atoms with Gasteiger partial charge in [0.1, 0.15) is 0 Å². The van der Waals surface area contributed by atoms with Crippen LogP contribution in [0.1, 0.15) is 46.5 Å². The predicted octanol–water partition coefficient (Wildman–Crippen LogP) is 1.79. The lowest BCUT2D eigenvalue weighted by molar-refractivity contribution is 0.363. The summed E-state index contributed by atoms with van der Waals surface area (Å²) in [6.45, 7) is 6.28. The lowest BCUT2D eigenvalue weighted by Crippen LogP contribution is -2.41. The minimum atomic E-state index is -0.0514. The zero-order valence-corrected chi connectivity index (χ0v) is 8.77. The van der Waals surface area contributed by atoms with E-state index in [2.05, 4.69) is 13.8 Å². The predicted molar refractivity (Wildman–Crippen MR) is 55.4 cm³/mol. The number of unbranched alkanes of at least 4 members (excludes halogenated alkanes) is 1. The molecular formula is C9H25N3. The van der Waals surface area contributed by atoms with Crippen molar-refractivity contribution < 1.29 is 0 Å². The molecule has 0 aromatic heterocycles. The number of nitrogens with two attached hydrogens (primary N) is 2. The molecule has 2 unspecified atom stereocenters. The molecule has 2 atom stereocenters. The van der Waals surface area contributed by atoms with Crippen LogP contribution >= 0.6 is 0 Å². The highest BCUT2D eigenvalue weighted by molar-refractivity contribution is 4.81. The van der Waals surface area contributed by atoms with Crippen molar-refractivity contribution in [3.8, 4) is 0 Å². The molecule has 76 valence electrons. The highest BCUT2D eigenvalue weighted by Gasteiger charge is 2.18. The maximum absolute atomic E-state index is 6.02. The second kappa shape index (κ2) is 6.40. The summed E-state index contributed by atoms with van der Waals surface area (Å²) in [5.41, 5.74) is 11.6. The van der Waals surface area contributed by atoms with Crippen LogP contribution in [0.15, 0.2) is 0 Å². The molecule has 0 saturated carbocycles. The Morgan fingerprint density at radius 2 is 1.92 bits per heavy atom. The van der Waals surface area contributed by atoms with Gasteiger partial charge in [0.05, 0.1) is 0 Å². The standard InChI is InChI=1S/C9H22N2.H3N/c1-4-5-6-9(3,11)7-8(2)10;/h8H,4-7,10-11H2,1-3H3;1H3. The Kier molecular flexibility index (Phi) is 7.69. The maximum Gasteiger partial charge on any atom is 0.0140 e. The molecule has 0 aliphatic rings. The van der Waals surface area contributed by atoms with Gasteiger partial charge in [-0.25, -0.2) is 0 Å². The SMILES string of the molecule is CCCCC(C)(N)CC(C)N.N. The van der Waals surface area contributed by atoms with E-state index >= 15 is 0 Å². The van der Waals surface area contributed by atoms with Gasteiger partial charge in [0.15, 0.2) is 0 Å². The van der Waals surface area contributed by atoms with Crippen LogP contribution in [0, 0.1) is 0 Å². The van der Waals surface area contributed by atoms with Gasteiger partial charge < -0.3 is 17.6 Å². The molecule has 0 fully saturated rings. The molecule has 12 heavy (non-hydrogen) atoms. The van der Waals surface area contributed by atoms with Gasteiger partial charge in [0, 0.05) is 11.6 Å². The molecule has 0 amide bonds. The smallest absolute Gasteiger partial charge is 0.0140 e. The molecule has 3 heteroatoms. The second-order valence-corrected chi connectivity index (χ2v) is 3.94. The van der Waals surface area contributed by atoms with Gasteiger partial charge >= 0.3 is 0 Å². The maximum atomic E-state index is 6.02. The van der Waals surface area contributed by atoms with Gasteiger partial charge in [-0.05, 0) is 26.7 Å². The van der Waals surface area contributed by atoms with Crippen LogP contribution in [-0.4, -0.2) is 11.6 Å². The Labute approximate surface area is 76.5 Å². The van der Waals surface area contributed by atoms with E-state index in [0.29, 0.717) is 0 Å². The van der Waals surface area contributed by atoms with Crippen molar-refractivity contribution in [1.29, 1.82) is 0 Å². The zero-order chi connectivity index (χ0) is 8.91. The third-order valence-corrected chi connectivity index (χ3v) is 1.89. The Morgan fingerprint density at radius 1 is 1.42 bits per heavy atom. The summed E-state index contributed by atoms with van der Waals surface area (Å²) in [7, 11) is 0. The minimum Gasteiger partial charge on any atom is -0.344 e. The summed E-state index contributed by atoms with van der Waals surface area (Å²) in [5, 5.41) is 0. The monoisotopic (exact) mass is 175 g/mol. The lowest BCUT2D eigenvalue weighted by atomic mass is 9.90. The summed E-state index contributed by atoms with van der Waals surface area (Å²) in [6.07, 6.45) is 4.43. The molecule has 0 rings (SSSR count). The number of rotatable bonds is 5. The Balaban J connectivity index is 0. The first-order chi connectivity index (χ1) is 4.98. The molecule has 0 heterocycles. The molecule has 0 saturated heterocycles. The highest BCUT2D eigenvalue weighted by atomic mass is 14.7. The van der Waals surface area contributed by atoms with Gasteiger partial charge in [0.25, 0.3) is 0 Å². The summed E-state index contributed by atoms with van der Waals surface area (Å²) in [6, 6.07) is 0.224. The molecule has 7 N–H and O–H groups in total. The third kappa shape index (κ3) is 7.98. The van der Waals surface area contributed by atoms with Gasteiger partial charge in [-0.3, -0.25) is 0 Å². The van der Waals surface area contributed by atoms with Crippen LogP contribution in [0.4, 0.5) is 0 Å². The molecule has 0 spiro atoms. The van der Waals surface area contributed by atoms with Crippen molar-refractivity contribution in [2.45, 2.75) is 58.0 Å². The average Bonchev–Trinajstić information content (AvgIpc) is 1.81. The van der Waals surface area contributed by atoms with E-state index in [-0.39, 0.29) is 17.7 Å². The van der Waals surface area contributed by atoms with Crippen LogP contribution in [0.2, 0.25) is 0 Å². The van der Waals surface area contributed by atoms with E-state index in [1.807, 2.05) is 6.92 Å².